The molecule has 0 aliphatic carbocycles. The number of hydrogen-bond donors (Lipinski definition) is 1. The molecule has 27 heavy (non-hydrogen) atoms. The summed E-state index contributed by atoms with van der Waals surface area (Å²) in [5.74, 6) is 0. The zero-order chi connectivity index (χ0) is 19.0. The van der Waals surface area contributed by atoms with Gasteiger partial charge in [0.05, 0.1) is 36.8 Å². The Bertz CT molecular complexity index is 885. The van der Waals surface area contributed by atoms with Crippen LogP contribution in [-0.2, 0) is 17.9 Å². The van der Waals surface area contributed by atoms with Crippen LogP contribution in [0.25, 0.3) is 0 Å². The van der Waals surface area contributed by atoms with Crippen molar-refractivity contribution in [3.05, 3.63) is 59.1 Å². The number of nitrogens with zero attached hydrogens (tertiary/aromatic N) is 4. The van der Waals surface area contributed by atoms with Crippen molar-refractivity contribution in [2.75, 3.05) is 18.1 Å². The van der Waals surface area contributed by atoms with Crippen molar-refractivity contribution in [2.45, 2.75) is 19.1 Å². The Morgan fingerprint density at radius 1 is 1.44 bits per heavy atom. The third-order valence-electron chi connectivity index (χ3n) is 4.47. The lowest BCUT2D eigenvalue weighted by molar-refractivity contribution is -0.118. The molecule has 1 aromatic carbocycles. The minimum atomic E-state index is -1.06. The van der Waals surface area contributed by atoms with Crippen LogP contribution in [0.5, 0.6) is 0 Å². The summed E-state index contributed by atoms with van der Waals surface area (Å²) in [5.41, 5.74) is 1.60. The molecule has 3 amide bonds. The van der Waals surface area contributed by atoms with Gasteiger partial charge in [-0.1, -0.05) is 47.7 Å². The van der Waals surface area contributed by atoms with Gasteiger partial charge in [-0.25, -0.2) is 19.5 Å². The minimum absolute atomic E-state index is 0.201. The second-order valence-electron chi connectivity index (χ2n) is 6.25. The third-order valence-corrected chi connectivity index (χ3v) is 5.69. The van der Waals surface area contributed by atoms with E-state index in [9.17, 15) is 14.7 Å². The van der Waals surface area contributed by atoms with Crippen LogP contribution < -0.4 is 4.90 Å². The average molecular weight is 386 g/mol. The van der Waals surface area contributed by atoms with Gasteiger partial charge in [0.15, 0.2) is 5.13 Å². The molecule has 140 valence electrons. The average Bonchev–Trinajstić information content (AvgIpc) is 3.20. The number of aromatic nitrogens is 1. The highest BCUT2D eigenvalue weighted by Crippen LogP contribution is 2.43. The minimum Gasteiger partial charge on any atom is -0.465 e. The molecule has 0 spiro atoms. The van der Waals surface area contributed by atoms with Crippen LogP contribution in [0.15, 0.2) is 43.0 Å². The summed E-state index contributed by atoms with van der Waals surface area (Å²) < 4.78 is 0. The van der Waals surface area contributed by atoms with Gasteiger partial charge in [0.1, 0.15) is 6.04 Å². The zero-order valence-corrected chi connectivity index (χ0v) is 15.3. The van der Waals surface area contributed by atoms with E-state index >= 15 is 0 Å². The highest BCUT2D eigenvalue weighted by molar-refractivity contribution is 7.16. The summed E-state index contributed by atoms with van der Waals surface area (Å²) in [6, 6.07) is 8.90. The second-order valence-corrected chi connectivity index (χ2v) is 7.26. The summed E-state index contributed by atoms with van der Waals surface area (Å²) in [4.78, 5) is 38.0. The lowest BCUT2D eigenvalue weighted by Gasteiger charge is -2.21. The summed E-state index contributed by atoms with van der Waals surface area (Å²) in [6.07, 6.45) is 0.516. The monoisotopic (exact) mass is 386 g/mol. The van der Waals surface area contributed by atoms with Crippen LogP contribution in [0.4, 0.5) is 14.7 Å². The highest BCUT2D eigenvalue weighted by atomic mass is 32.1. The Balaban J connectivity index is 1.63. The van der Waals surface area contributed by atoms with Gasteiger partial charge >= 0.3 is 12.1 Å². The molecule has 1 fully saturated rings. The number of carboxylic acid groups (broad SMARTS) is 1. The van der Waals surface area contributed by atoms with Crippen LogP contribution >= 0.6 is 11.3 Å². The topological polar surface area (TPSA) is 86.2 Å². The molecule has 9 heteroatoms. The van der Waals surface area contributed by atoms with Crippen LogP contribution in [0.1, 0.15) is 22.2 Å². The Kier molecular flexibility index (Phi) is 4.54. The fourth-order valence-electron chi connectivity index (χ4n) is 3.24. The molecule has 3 heterocycles. The maximum absolute atomic E-state index is 12.4. The van der Waals surface area contributed by atoms with E-state index in [1.54, 1.807) is 11.0 Å². The molecule has 2 aliphatic rings. The van der Waals surface area contributed by atoms with Gasteiger partial charge in [-0.15, -0.1) is 6.58 Å². The van der Waals surface area contributed by atoms with Crippen molar-refractivity contribution < 1.29 is 19.5 Å². The van der Waals surface area contributed by atoms with Gasteiger partial charge in [-0.3, -0.25) is 4.84 Å². The Morgan fingerprint density at radius 2 is 2.22 bits per heavy atom. The lowest BCUT2D eigenvalue weighted by atomic mass is 10.1. The molecule has 1 N–H and O–H groups in total. The van der Waals surface area contributed by atoms with Crippen molar-refractivity contribution >= 4 is 28.6 Å². The maximum atomic E-state index is 12.4. The molecule has 1 atom stereocenters. The summed E-state index contributed by atoms with van der Waals surface area (Å²) in [7, 11) is 0. The van der Waals surface area contributed by atoms with Gasteiger partial charge in [0.25, 0.3) is 0 Å². The Labute approximate surface area is 159 Å². The Hall–Kier alpha value is -2.91. The molecule has 4 rings (SSSR count). The predicted molar refractivity (Wildman–Crippen MR) is 99.3 cm³/mol. The van der Waals surface area contributed by atoms with E-state index in [0.29, 0.717) is 18.2 Å². The number of amides is 3. The van der Waals surface area contributed by atoms with Gasteiger partial charge in [-0.2, -0.15) is 5.06 Å². The molecule has 8 nitrogen and oxygen atoms in total. The van der Waals surface area contributed by atoms with Crippen molar-refractivity contribution in [1.29, 1.82) is 0 Å². The number of carbonyl (C=O) groups is 2. The number of anilines is 1. The first-order chi connectivity index (χ1) is 13.1. The third kappa shape index (κ3) is 3.15. The van der Waals surface area contributed by atoms with Gasteiger partial charge in [0.2, 0.25) is 0 Å². The molecule has 1 unspecified atom stereocenters. The molecule has 2 bridgehead atoms. The van der Waals surface area contributed by atoms with E-state index in [0.717, 1.165) is 16.1 Å². The van der Waals surface area contributed by atoms with Gasteiger partial charge in [0, 0.05) is 0 Å². The first-order valence-corrected chi connectivity index (χ1v) is 9.26. The molecule has 0 radical (unpaired) electrons. The highest BCUT2D eigenvalue weighted by Gasteiger charge is 2.46. The molecule has 1 saturated heterocycles. The summed E-state index contributed by atoms with van der Waals surface area (Å²) in [6.45, 7) is 4.91. The lowest BCUT2D eigenvalue weighted by Crippen LogP contribution is -2.31. The number of fused-ring (bicyclic) bond motifs is 4. The van der Waals surface area contributed by atoms with Gasteiger partial charge < -0.3 is 10.0 Å². The number of rotatable bonds is 6. The predicted octanol–water partition coefficient (Wildman–Crippen LogP) is 3.24. The smallest absolute Gasteiger partial charge is 0.413 e. The molecule has 2 aromatic rings. The molecular weight excluding hydrogens is 368 g/mol. The number of carbonyl (C=O) groups excluding carboxylic acids is 1. The molecule has 1 aromatic heterocycles. The van der Waals surface area contributed by atoms with E-state index in [1.165, 1.54) is 21.3 Å². The molecule has 2 aliphatic heterocycles. The normalized spacial score (nSPS) is 17.8. The number of hydroxylamine groups is 2. The second kappa shape index (κ2) is 7.01. The Morgan fingerprint density at radius 3 is 2.93 bits per heavy atom. The maximum Gasteiger partial charge on any atom is 0.413 e. The number of thiazole rings is 1. The van der Waals surface area contributed by atoms with Crippen molar-refractivity contribution in [3.8, 4) is 0 Å². The van der Waals surface area contributed by atoms with E-state index in [-0.39, 0.29) is 25.2 Å². The SMILES string of the molecule is C=CCON1C(=O)N2Cc3nc(N(Cc4ccccc4)C(=O)O)sc3C1C2. The van der Waals surface area contributed by atoms with Crippen LogP contribution in [0.3, 0.4) is 0 Å². The van der Waals surface area contributed by atoms with E-state index in [1.807, 2.05) is 30.3 Å². The summed E-state index contributed by atoms with van der Waals surface area (Å²) >= 11 is 1.30. The van der Waals surface area contributed by atoms with E-state index < -0.39 is 6.09 Å². The van der Waals surface area contributed by atoms with Gasteiger partial charge in [-0.05, 0) is 5.56 Å². The van der Waals surface area contributed by atoms with Crippen LogP contribution in [0.2, 0.25) is 0 Å². The molecular formula is C18H18N4O4S. The fourth-order valence-corrected chi connectivity index (χ4v) is 4.38. The van der Waals surface area contributed by atoms with Crippen molar-refractivity contribution in [1.82, 2.24) is 14.9 Å². The first-order valence-electron chi connectivity index (χ1n) is 8.44. The van der Waals surface area contributed by atoms with Crippen molar-refractivity contribution in [3.63, 3.8) is 0 Å². The standard InChI is InChI=1S/C18H18N4O4S/c1-2-8-26-22-14-11-20(17(22)23)10-13-15(14)27-16(19-13)21(18(24)25)9-12-6-4-3-5-7-12/h2-7,14H,1,8-11H2,(H,24,25). The van der Waals surface area contributed by atoms with Crippen molar-refractivity contribution in [2.24, 2.45) is 0 Å². The van der Waals surface area contributed by atoms with E-state index in [4.69, 9.17) is 4.84 Å². The quantitative estimate of drug-likeness (QED) is 0.771. The first kappa shape index (κ1) is 17.5. The number of benzene rings is 1. The number of urea groups is 1. The molecule has 0 saturated carbocycles. The van der Waals surface area contributed by atoms with Crippen LogP contribution in [-0.4, -0.2) is 45.3 Å². The largest absolute Gasteiger partial charge is 0.465 e. The fraction of sp³-hybridized carbons (Fsp3) is 0.278. The zero-order valence-electron chi connectivity index (χ0n) is 14.4. The number of hydrogen-bond acceptors (Lipinski definition) is 5. The van der Waals surface area contributed by atoms with Crippen LogP contribution in [0, 0.1) is 0 Å². The van der Waals surface area contributed by atoms with E-state index in [2.05, 4.69) is 11.6 Å². The summed E-state index contributed by atoms with van der Waals surface area (Å²) in [5, 5.41) is 11.4.